The predicted octanol–water partition coefficient (Wildman–Crippen LogP) is 2.12. The van der Waals surface area contributed by atoms with E-state index in [4.69, 9.17) is 16.7 Å². The van der Waals surface area contributed by atoms with E-state index in [0.717, 1.165) is 0 Å². The number of rotatable bonds is 5. The zero-order valence-electron chi connectivity index (χ0n) is 8.53. The number of benzene rings is 1. The second-order valence-electron chi connectivity index (χ2n) is 3.30. The molecule has 0 aromatic heterocycles. The van der Waals surface area contributed by atoms with E-state index < -0.39 is 11.9 Å². The van der Waals surface area contributed by atoms with E-state index in [1.54, 1.807) is 31.3 Å². The van der Waals surface area contributed by atoms with Crippen molar-refractivity contribution in [1.29, 1.82) is 0 Å². The molecule has 0 aliphatic rings. The number of hydrogen-bond donors (Lipinski definition) is 2. The Hall–Kier alpha value is -1.06. The van der Waals surface area contributed by atoms with Crippen molar-refractivity contribution in [1.82, 2.24) is 5.32 Å². The van der Waals surface area contributed by atoms with E-state index in [1.165, 1.54) is 0 Å². The fourth-order valence-corrected chi connectivity index (χ4v) is 1.73. The third-order valence-electron chi connectivity index (χ3n) is 2.26. The van der Waals surface area contributed by atoms with Gasteiger partial charge in [0.05, 0.1) is 5.92 Å². The minimum atomic E-state index is -0.835. The maximum Gasteiger partial charge on any atom is 0.311 e. The normalized spacial score (nSPS) is 12.4. The predicted molar refractivity (Wildman–Crippen MR) is 60.4 cm³/mol. The Morgan fingerprint density at radius 2 is 2.20 bits per heavy atom. The van der Waals surface area contributed by atoms with Crippen LogP contribution in [0.25, 0.3) is 0 Å². The number of aliphatic carboxylic acids is 1. The molecule has 0 heterocycles. The van der Waals surface area contributed by atoms with Crippen LogP contribution in [-0.2, 0) is 4.79 Å². The zero-order valence-corrected chi connectivity index (χ0v) is 9.29. The van der Waals surface area contributed by atoms with Crippen LogP contribution in [0.5, 0.6) is 0 Å². The molecule has 4 heteroatoms. The SMILES string of the molecule is CNCCC(C(=O)O)c1ccccc1Cl. The van der Waals surface area contributed by atoms with Crippen molar-refractivity contribution in [2.24, 2.45) is 0 Å². The second kappa shape index (κ2) is 5.73. The molecule has 0 saturated carbocycles. The van der Waals surface area contributed by atoms with Crippen LogP contribution in [0.15, 0.2) is 24.3 Å². The van der Waals surface area contributed by atoms with E-state index in [9.17, 15) is 4.79 Å². The standard InChI is InChI=1S/C11H14ClNO2/c1-13-7-6-9(11(14)15)8-4-2-3-5-10(8)12/h2-5,9,13H,6-7H2,1H3,(H,14,15). The summed E-state index contributed by atoms with van der Waals surface area (Å²) >= 11 is 5.96. The summed E-state index contributed by atoms with van der Waals surface area (Å²) in [7, 11) is 1.80. The van der Waals surface area contributed by atoms with Crippen molar-refractivity contribution in [3.8, 4) is 0 Å². The molecule has 0 aliphatic heterocycles. The van der Waals surface area contributed by atoms with Gasteiger partial charge in [-0.1, -0.05) is 29.8 Å². The lowest BCUT2D eigenvalue weighted by atomic mass is 9.96. The lowest BCUT2D eigenvalue weighted by Gasteiger charge is -2.13. The lowest BCUT2D eigenvalue weighted by Crippen LogP contribution is -2.18. The Morgan fingerprint density at radius 1 is 1.53 bits per heavy atom. The van der Waals surface area contributed by atoms with Gasteiger partial charge in [-0.25, -0.2) is 0 Å². The van der Waals surface area contributed by atoms with Crippen LogP contribution in [0.4, 0.5) is 0 Å². The van der Waals surface area contributed by atoms with Crippen LogP contribution in [0, 0.1) is 0 Å². The molecule has 0 aliphatic carbocycles. The van der Waals surface area contributed by atoms with Crippen molar-refractivity contribution in [3.05, 3.63) is 34.9 Å². The third kappa shape index (κ3) is 3.22. The molecule has 1 atom stereocenters. The molecular weight excluding hydrogens is 214 g/mol. The molecule has 0 saturated heterocycles. The number of carbonyl (C=O) groups is 1. The topological polar surface area (TPSA) is 49.3 Å². The molecule has 15 heavy (non-hydrogen) atoms. The summed E-state index contributed by atoms with van der Waals surface area (Å²) < 4.78 is 0. The molecular formula is C11H14ClNO2. The van der Waals surface area contributed by atoms with Gasteiger partial charge in [-0.15, -0.1) is 0 Å². The minimum absolute atomic E-state index is 0.515. The maximum absolute atomic E-state index is 11.1. The third-order valence-corrected chi connectivity index (χ3v) is 2.61. The van der Waals surface area contributed by atoms with Crippen LogP contribution in [0.2, 0.25) is 5.02 Å². The van der Waals surface area contributed by atoms with Crippen molar-refractivity contribution >= 4 is 17.6 Å². The summed E-state index contributed by atoms with van der Waals surface area (Å²) in [4.78, 5) is 11.1. The van der Waals surface area contributed by atoms with Crippen LogP contribution in [-0.4, -0.2) is 24.7 Å². The summed E-state index contributed by atoms with van der Waals surface area (Å²) in [6.07, 6.45) is 0.537. The Kier molecular flexibility index (Phi) is 4.59. The summed E-state index contributed by atoms with van der Waals surface area (Å²) in [5.41, 5.74) is 0.682. The molecule has 0 radical (unpaired) electrons. The van der Waals surface area contributed by atoms with Gasteiger partial charge in [0.2, 0.25) is 0 Å². The summed E-state index contributed by atoms with van der Waals surface area (Å²) in [6.45, 7) is 0.655. The van der Waals surface area contributed by atoms with Gasteiger partial charge in [0.15, 0.2) is 0 Å². The molecule has 0 fully saturated rings. The molecule has 0 amide bonds. The Morgan fingerprint density at radius 3 is 2.73 bits per heavy atom. The number of carboxylic acids is 1. The van der Waals surface area contributed by atoms with Crippen molar-refractivity contribution < 1.29 is 9.90 Å². The maximum atomic E-state index is 11.1. The van der Waals surface area contributed by atoms with E-state index >= 15 is 0 Å². The van der Waals surface area contributed by atoms with Crippen molar-refractivity contribution in [3.63, 3.8) is 0 Å². The number of carboxylic acid groups (broad SMARTS) is 1. The molecule has 0 bridgehead atoms. The first-order valence-electron chi connectivity index (χ1n) is 4.78. The molecule has 1 aromatic carbocycles. The molecule has 1 unspecified atom stereocenters. The van der Waals surface area contributed by atoms with Gasteiger partial charge < -0.3 is 10.4 Å². The van der Waals surface area contributed by atoms with Crippen LogP contribution in [0.3, 0.4) is 0 Å². The molecule has 2 N–H and O–H groups in total. The van der Waals surface area contributed by atoms with Gasteiger partial charge in [-0.3, -0.25) is 4.79 Å². The average Bonchev–Trinajstić information content (AvgIpc) is 2.20. The van der Waals surface area contributed by atoms with E-state index in [2.05, 4.69) is 5.32 Å². The zero-order chi connectivity index (χ0) is 11.3. The summed E-state index contributed by atoms with van der Waals surface area (Å²) in [5.74, 6) is -1.37. The first-order chi connectivity index (χ1) is 7.16. The number of nitrogens with one attached hydrogen (secondary N) is 1. The Labute approximate surface area is 94.1 Å². The number of halogens is 1. The summed E-state index contributed by atoms with van der Waals surface area (Å²) in [6, 6.07) is 7.07. The molecule has 1 rings (SSSR count). The highest BCUT2D eigenvalue weighted by Gasteiger charge is 2.21. The van der Waals surface area contributed by atoms with Gasteiger partial charge in [-0.05, 0) is 31.6 Å². The monoisotopic (exact) mass is 227 g/mol. The van der Waals surface area contributed by atoms with E-state index in [0.29, 0.717) is 23.6 Å². The highest BCUT2D eigenvalue weighted by Crippen LogP contribution is 2.26. The van der Waals surface area contributed by atoms with Gasteiger partial charge in [0, 0.05) is 5.02 Å². The largest absolute Gasteiger partial charge is 0.481 e. The van der Waals surface area contributed by atoms with Crippen LogP contribution >= 0.6 is 11.6 Å². The summed E-state index contributed by atoms with van der Waals surface area (Å²) in [5, 5.41) is 12.5. The highest BCUT2D eigenvalue weighted by molar-refractivity contribution is 6.31. The van der Waals surface area contributed by atoms with Gasteiger partial charge in [0.25, 0.3) is 0 Å². The first-order valence-corrected chi connectivity index (χ1v) is 5.16. The van der Waals surface area contributed by atoms with Crippen molar-refractivity contribution in [2.45, 2.75) is 12.3 Å². The molecule has 82 valence electrons. The smallest absolute Gasteiger partial charge is 0.311 e. The second-order valence-corrected chi connectivity index (χ2v) is 3.71. The van der Waals surface area contributed by atoms with E-state index in [-0.39, 0.29) is 0 Å². The van der Waals surface area contributed by atoms with Crippen LogP contribution in [0.1, 0.15) is 17.9 Å². The highest BCUT2D eigenvalue weighted by atomic mass is 35.5. The fourth-order valence-electron chi connectivity index (χ4n) is 1.46. The van der Waals surface area contributed by atoms with Crippen molar-refractivity contribution in [2.75, 3.05) is 13.6 Å². The van der Waals surface area contributed by atoms with E-state index in [1.807, 2.05) is 0 Å². The average molecular weight is 228 g/mol. The van der Waals surface area contributed by atoms with Crippen LogP contribution < -0.4 is 5.32 Å². The minimum Gasteiger partial charge on any atom is -0.481 e. The first kappa shape index (κ1) is 12.0. The molecule has 1 aromatic rings. The fraction of sp³-hybridized carbons (Fsp3) is 0.364. The molecule has 3 nitrogen and oxygen atoms in total. The van der Waals surface area contributed by atoms with Gasteiger partial charge in [-0.2, -0.15) is 0 Å². The Bertz CT molecular complexity index is 341. The Balaban J connectivity index is 2.89. The van der Waals surface area contributed by atoms with Gasteiger partial charge in [0.1, 0.15) is 0 Å². The number of hydrogen-bond acceptors (Lipinski definition) is 2. The quantitative estimate of drug-likeness (QED) is 0.810. The molecule has 0 spiro atoms. The van der Waals surface area contributed by atoms with Gasteiger partial charge >= 0.3 is 5.97 Å². The lowest BCUT2D eigenvalue weighted by molar-refractivity contribution is -0.138.